The number of rotatable bonds is 2. The molecule has 0 aromatic heterocycles. The zero-order chi connectivity index (χ0) is 13.9. The first-order valence-corrected chi connectivity index (χ1v) is 5.91. The van der Waals surface area contributed by atoms with E-state index in [-0.39, 0.29) is 25.2 Å². The van der Waals surface area contributed by atoms with Gasteiger partial charge in [-0.05, 0) is 20.8 Å². The lowest BCUT2D eigenvalue weighted by Gasteiger charge is -2.32. The Balaban J connectivity index is 2.61. The van der Waals surface area contributed by atoms with Crippen LogP contribution in [0.1, 0.15) is 33.6 Å². The number of aliphatic carboxylic acids is 1. The van der Waals surface area contributed by atoms with Crippen LogP contribution in [0.25, 0.3) is 0 Å². The van der Waals surface area contributed by atoms with Crippen molar-refractivity contribution in [1.29, 1.82) is 0 Å². The monoisotopic (exact) mass is 257 g/mol. The van der Waals surface area contributed by atoms with Gasteiger partial charge in [-0.1, -0.05) is 0 Å². The van der Waals surface area contributed by atoms with Crippen molar-refractivity contribution in [1.82, 2.24) is 4.90 Å². The van der Waals surface area contributed by atoms with Gasteiger partial charge in [-0.2, -0.15) is 0 Å². The van der Waals surface area contributed by atoms with Gasteiger partial charge in [0.05, 0.1) is 6.42 Å². The van der Waals surface area contributed by atoms with Crippen molar-refractivity contribution in [2.75, 3.05) is 13.1 Å². The molecule has 0 radical (unpaired) electrons. The fraction of sp³-hybridized carbons (Fsp3) is 0.750. The van der Waals surface area contributed by atoms with Gasteiger partial charge in [0.1, 0.15) is 11.4 Å². The summed E-state index contributed by atoms with van der Waals surface area (Å²) in [6.45, 7) is 5.70. The Bertz CT molecular complexity index is 358. The van der Waals surface area contributed by atoms with Crippen LogP contribution in [0.5, 0.6) is 0 Å². The fourth-order valence-corrected chi connectivity index (χ4v) is 1.79. The Morgan fingerprint density at radius 3 is 2.56 bits per heavy atom. The molecule has 0 saturated carbocycles. The van der Waals surface area contributed by atoms with Crippen molar-refractivity contribution in [3.8, 4) is 0 Å². The van der Waals surface area contributed by atoms with Crippen LogP contribution >= 0.6 is 0 Å². The number of hydrogen-bond acceptors (Lipinski definition) is 4. The van der Waals surface area contributed by atoms with Gasteiger partial charge in [-0.25, -0.2) is 4.79 Å². The number of carbonyl (C=O) groups is 3. The Morgan fingerprint density at radius 1 is 1.44 bits per heavy atom. The van der Waals surface area contributed by atoms with Gasteiger partial charge in [0.25, 0.3) is 0 Å². The van der Waals surface area contributed by atoms with Crippen molar-refractivity contribution in [2.45, 2.75) is 39.2 Å². The van der Waals surface area contributed by atoms with E-state index in [1.54, 1.807) is 20.8 Å². The largest absolute Gasteiger partial charge is 0.481 e. The Kier molecular flexibility index (Phi) is 4.32. The number of likely N-dealkylation sites (tertiary alicyclic amines) is 1. The zero-order valence-electron chi connectivity index (χ0n) is 10.9. The summed E-state index contributed by atoms with van der Waals surface area (Å²) in [4.78, 5) is 35.4. The SMILES string of the molecule is CC(C)(C)OC(=O)N1CCC(=O)C(CC(=O)O)C1. The first-order chi connectivity index (χ1) is 8.19. The van der Waals surface area contributed by atoms with Crippen molar-refractivity contribution >= 4 is 17.8 Å². The summed E-state index contributed by atoms with van der Waals surface area (Å²) in [6, 6.07) is 0. The minimum absolute atomic E-state index is 0.0998. The third-order valence-corrected chi connectivity index (χ3v) is 2.60. The maximum Gasteiger partial charge on any atom is 0.410 e. The minimum Gasteiger partial charge on any atom is -0.481 e. The maximum atomic E-state index is 11.8. The molecule has 1 aliphatic rings. The minimum atomic E-state index is -1.03. The van der Waals surface area contributed by atoms with Crippen LogP contribution in [-0.2, 0) is 14.3 Å². The lowest BCUT2D eigenvalue weighted by atomic mass is 9.94. The van der Waals surface area contributed by atoms with E-state index >= 15 is 0 Å². The van der Waals surface area contributed by atoms with E-state index in [0.717, 1.165) is 0 Å². The molecule has 0 aromatic carbocycles. The quantitative estimate of drug-likeness (QED) is 0.805. The highest BCUT2D eigenvalue weighted by atomic mass is 16.6. The predicted molar refractivity (Wildman–Crippen MR) is 63.2 cm³/mol. The van der Waals surface area contributed by atoms with Crippen molar-refractivity contribution in [3.63, 3.8) is 0 Å². The highest BCUT2D eigenvalue weighted by molar-refractivity contribution is 5.87. The van der Waals surface area contributed by atoms with E-state index in [1.165, 1.54) is 4.90 Å². The van der Waals surface area contributed by atoms with Crippen LogP contribution < -0.4 is 0 Å². The van der Waals surface area contributed by atoms with Crippen LogP contribution in [-0.4, -0.2) is 46.5 Å². The first kappa shape index (κ1) is 14.5. The first-order valence-electron chi connectivity index (χ1n) is 5.91. The van der Waals surface area contributed by atoms with Crippen molar-refractivity contribution < 1.29 is 24.2 Å². The van der Waals surface area contributed by atoms with E-state index in [4.69, 9.17) is 9.84 Å². The number of carbonyl (C=O) groups excluding carboxylic acids is 2. The molecule has 1 unspecified atom stereocenters. The van der Waals surface area contributed by atoms with Crippen LogP contribution in [0.2, 0.25) is 0 Å². The number of ether oxygens (including phenoxy) is 1. The second-order valence-corrected chi connectivity index (χ2v) is 5.44. The Hall–Kier alpha value is -1.59. The predicted octanol–water partition coefficient (Wildman–Crippen LogP) is 1.29. The van der Waals surface area contributed by atoms with Crippen molar-refractivity contribution in [2.24, 2.45) is 5.92 Å². The molecule has 1 amide bonds. The molecule has 0 aromatic rings. The lowest BCUT2D eigenvalue weighted by molar-refractivity contribution is -0.142. The molecule has 1 aliphatic heterocycles. The summed E-state index contributed by atoms with van der Waals surface area (Å²) in [5, 5.41) is 8.71. The van der Waals surface area contributed by atoms with E-state index in [1.807, 2.05) is 0 Å². The summed E-state index contributed by atoms with van der Waals surface area (Å²) in [6.07, 6.45) is -0.541. The number of ketones is 1. The number of piperidine rings is 1. The smallest absolute Gasteiger partial charge is 0.410 e. The fourth-order valence-electron chi connectivity index (χ4n) is 1.79. The molecular weight excluding hydrogens is 238 g/mol. The van der Waals surface area contributed by atoms with Crippen LogP contribution in [0.15, 0.2) is 0 Å². The molecule has 1 atom stereocenters. The molecule has 0 spiro atoms. The Morgan fingerprint density at radius 2 is 2.06 bits per heavy atom. The number of Topliss-reactive ketones (excluding diaryl/α,β-unsaturated/α-hetero) is 1. The summed E-state index contributed by atoms with van der Waals surface area (Å²) in [7, 11) is 0. The molecule has 1 rings (SSSR count). The number of carboxylic acids is 1. The van der Waals surface area contributed by atoms with E-state index in [9.17, 15) is 14.4 Å². The maximum absolute atomic E-state index is 11.8. The second kappa shape index (κ2) is 5.37. The summed E-state index contributed by atoms with van der Waals surface area (Å²) in [5.74, 6) is -1.75. The molecule has 1 fully saturated rings. The zero-order valence-corrected chi connectivity index (χ0v) is 10.9. The number of carboxylic acid groups (broad SMARTS) is 1. The van der Waals surface area contributed by atoms with E-state index < -0.39 is 23.6 Å². The summed E-state index contributed by atoms with van der Waals surface area (Å²) < 4.78 is 5.19. The lowest BCUT2D eigenvalue weighted by Crippen LogP contribution is -2.46. The number of hydrogen-bond donors (Lipinski definition) is 1. The molecule has 1 heterocycles. The van der Waals surface area contributed by atoms with Gasteiger partial charge in [0.15, 0.2) is 0 Å². The van der Waals surface area contributed by atoms with E-state index in [2.05, 4.69) is 0 Å². The summed E-state index contributed by atoms with van der Waals surface area (Å²) in [5.41, 5.74) is -0.596. The molecule has 6 nitrogen and oxygen atoms in total. The average molecular weight is 257 g/mol. The van der Waals surface area contributed by atoms with E-state index in [0.29, 0.717) is 6.54 Å². The van der Waals surface area contributed by atoms with Gasteiger partial charge in [0, 0.05) is 25.4 Å². The standard InChI is InChI=1S/C12H19NO5/c1-12(2,3)18-11(17)13-5-4-9(14)8(7-13)6-10(15)16/h8H,4-7H2,1-3H3,(H,15,16). The van der Waals surface area contributed by atoms with Gasteiger partial charge >= 0.3 is 12.1 Å². The Labute approximate surface area is 106 Å². The van der Waals surface area contributed by atoms with Crippen molar-refractivity contribution in [3.05, 3.63) is 0 Å². The molecule has 102 valence electrons. The molecule has 1 saturated heterocycles. The third kappa shape index (κ3) is 4.35. The normalized spacial score (nSPS) is 20.7. The van der Waals surface area contributed by atoms with Gasteiger partial charge < -0.3 is 14.7 Å². The molecule has 0 bridgehead atoms. The molecular formula is C12H19NO5. The van der Waals surface area contributed by atoms with Gasteiger partial charge in [-0.15, -0.1) is 0 Å². The second-order valence-electron chi connectivity index (χ2n) is 5.44. The molecule has 6 heteroatoms. The number of nitrogens with zero attached hydrogens (tertiary/aromatic N) is 1. The van der Waals surface area contributed by atoms with Gasteiger partial charge in [-0.3, -0.25) is 9.59 Å². The summed E-state index contributed by atoms with van der Waals surface area (Å²) >= 11 is 0. The average Bonchev–Trinajstić information content (AvgIpc) is 2.17. The molecule has 0 aliphatic carbocycles. The topological polar surface area (TPSA) is 83.9 Å². The third-order valence-electron chi connectivity index (χ3n) is 2.60. The van der Waals surface area contributed by atoms with Crippen LogP contribution in [0.4, 0.5) is 4.79 Å². The molecule has 18 heavy (non-hydrogen) atoms. The van der Waals surface area contributed by atoms with Gasteiger partial charge in [0.2, 0.25) is 0 Å². The van der Waals surface area contributed by atoms with Crippen LogP contribution in [0, 0.1) is 5.92 Å². The highest BCUT2D eigenvalue weighted by Crippen LogP contribution is 2.19. The number of amides is 1. The van der Waals surface area contributed by atoms with Crippen LogP contribution in [0.3, 0.4) is 0 Å². The molecule has 1 N–H and O–H groups in total. The highest BCUT2D eigenvalue weighted by Gasteiger charge is 2.33.